The Morgan fingerprint density at radius 2 is 2.06 bits per heavy atom. The van der Waals surface area contributed by atoms with Gasteiger partial charge in [0.25, 0.3) is 0 Å². The van der Waals surface area contributed by atoms with Gasteiger partial charge in [0.05, 0.1) is 0 Å². The first kappa shape index (κ1) is 13.8. The molecule has 0 saturated carbocycles. The Morgan fingerprint density at radius 1 is 1.28 bits per heavy atom. The molecular formula is C14H27N3O. The number of hydrogen-bond donors (Lipinski definition) is 2. The van der Waals surface area contributed by atoms with Crippen molar-refractivity contribution in [3.8, 4) is 0 Å². The van der Waals surface area contributed by atoms with Crippen LogP contribution >= 0.6 is 0 Å². The summed E-state index contributed by atoms with van der Waals surface area (Å²) in [7, 11) is 0. The summed E-state index contributed by atoms with van der Waals surface area (Å²) in [5.41, 5.74) is 0. The third-order valence-corrected chi connectivity index (χ3v) is 4.18. The van der Waals surface area contributed by atoms with Crippen molar-refractivity contribution in [3.05, 3.63) is 0 Å². The van der Waals surface area contributed by atoms with Gasteiger partial charge >= 0.3 is 0 Å². The summed E-state index contributed by atoms with van der Waals surface area (Å²) in [6, 6.07) is 1.57. The number of carbonyl (C=O) groups is 1. The molecule has 2 unspecified atom stereocenters. The van der Waals surface area contributed by atoms with Gasteiger partial charge < -0.3 is 10.6 Å². The van der Waals surface area contributed by atoms with E-state index >= 15 is 0 Å². The van der Waals surface area contributed by atoms with Gasteiger partial charge in [-0.3, -0.25) is 9.69 Å². The largest absolute Gasteiger partial charge is 0.356 e. The lowest BCUT2D eigenvalue weighted by molar-refractivity contribution is -0.121. The van der Waals surface area contributed by atoms with Gasteiger partial charge in [-0.2, -0.15) is 0 Å². The topological polar surface area (TPSA) is 44.4 Å². The van der Waals surface area contributed by atoms with Crippen LogP contribution in [0.25, 0.3) is 0 Å². The van der Waals surface area contributed by atoms with Crippen LogP contribution in [-0.4, -0.2) is 48.6 Å². The monoisotopic (exact) mass is 253 g/mol. The highest BCUT2D eigenvalue weighted by Crippen LogP contribution is 2.19. The zero-order valence-electron chi connectivity index (χ0n) is 11.7. The van der Waals surface area contributed by atoms with E-state index in [1.807, 2.05) is 0 Å². The van der Waals surface area contributed by atoms with Crippen molar-refractivity contribution in [3.63, 3.8) is 0 Å². The van der Waals surface area contributed by atoms with Gasteiger partial charge in [0.1, 0.15) is 0 Å². The lowest BCUT2D eigenvalue weighted by atomic mass is 10.0. The lowest BCUT2D eigenvalue weighted by Gasteiger charge is -2.36. The molecule has 4 heteroatoms. The Morgan fingerprint density at radius 3 is 2.72 bits per heavy atom. The van der Waals surface area contributed by atoms with Crippen molar-refractivity contribution in [2.45, 2.75) is 64.1 Å². The highest BCUT2D eigenvalue weighted by Gasteiger charge is 2.28. The predicted molar refractivity (Wildman–Crippen MR) is 73.5 cm³/mol. The highest BCUT2D eigenvalue weighted by atomic mass is 16.1. The van der Waals surface area contributed by atoms with Crippen LogP contribution in [0, 0.1) is 0 Å². The van der Waals surface area contributed by atoms with E-state index in [2.05, 4.69) is 29.4 Å². The van der Waals surface area contributed by atoms with E-state index in [0.29, 0.717) is 24.5 Å². The van der Waals surface area contributed by atoms with E-state index in [-0.39, 0.29) is 5.91 Å². The van der Waals surface area contributed by atoms with Gasteiger partial charge in [-0.1, -0.05) is 0 Å². The summed E-state index contributed by atoms with van der Waals surface area (Å²) >= 11 is 0. The number of nitrogens with zero attached hydrogens (tertiary/aromatic N) is 1. The summed E-state index contributed by atoms with van der Waals surface area (Å²) < 4.78 is 0. The van der Waals surface area contributed by atoms with Crippen molar-refractivity contribution in [2.75, 3.05) is 19.6 Å². The third-order valence-electron chi connectivity index (χ3n) is 4.18. The van der Waals surface area contributed by atoms with E-state index in [1.54, 1.807) is 0 Å². The maximum absolute atomic E-state index is 11.7. The molecular weight excluding hydrogens is 226 g/mol. The van der Waals surface area contributed by atoms with Crippen molar-refractivity contribution in [1.82, 2.24) is 15.5 Å². The zero-order chi connectivity index (χ0) is 13.0. The number of nitrogens with one attached hydrogen (secondary N) is 2. The van der Waals surface area contributed by atoms with Crippen LogP contribution in [0.2, 0.25) is 0 Å². The SMILES string of the molecule is CC(C)N(CC1CCCN1)C1CCCNC(=O)C1. The standard InChI is InChI=1S/C14H27N3O/c1-11(2)17(10-12-5-3-7-15-12)13-6-4-8-16-14(18)9-13/h11-13,15H,3-10H2,1-2H3,(H,16,18). The van der Waals surface area contributed by atoms with Crippen molar-refractivity contribution >= 4 is 5.91 Å². The van der Waals surface area contributed by atoms with Gasteiger partial charge in [-0.05, 0) is 46.1 Å². The summed E-state index contributed by atoms with van der Waals surface area (Å²) in [6.07, 6.45) is 5.50. The second kappa shape index (κ2) is 6.53. The number of amides is 1. The van der Waals surface area contributed by atoms with E-state index in [1.165, 1.54) is 12.8 Å². The molecule has 0 aromatic rings. The number of rotatable bonds is 4. The molecule has 0 aromatic heterocycles. The average Bonchev–Trinajstić information content (AvgIpc) is 2.74. The lowest BCUT2D eigenvalue weighted by Crippen LogP contribution is -2.47. The van der Waals surface area contributed by atoms with E-state index in [9.17, 15) is 4.79 Å². The molecule has 104 valence electrons. The van der Waals surface area contributed by atoms with Crippen LogP contribution in [0.15, 0.2) is 0 Å². The van der Waals surface area contributed by atoms with Crippen LogP contribution in [0.3, 0.4) is 0 Å². The van der Waals surface area contributed by atoms with Gasteiger partial charge in [-0.15, -0.1) is 0 Å². The second-order valence-electron chi connectivity index (χ2n) is 5.93. The van der Waals surface area contributed by atoms with Crippen molar-refractivity contribution in [1.29, 1.82) is 0 Å². The molecule has 1 amide bonds. The number of carbonyl (C=O) groups excluding carboxylic acids is 1. The van der Waals surface area contributed by atoms with E-state index in [0.717, 1.165) is 32.5 Å². The zero-order valence-corrected chi connectivity index (χ0v) is 11.7. The molecule has 2 saturated heterocycles. The minimum Gasteiger partial charge on any atom is -0.356 e. The van der Waals surface area contributed by atoms with Crippen molar-refractivity contribution < 1.29 is 4.79 Å². The second-order valence-corrected chi connectivity index (χ2v) is 5.93. The smallest absolute Gasteiger partial charge is 0.221 e. The molecule has 0 aromatic carbocycles. The quantitative estimate of drug-likeness (QED) is 0.789. The molecule has 2 aliphatic rings. The summed E-state index contributed by atoms with van der Waals surface area (Å²) in [5, 5.41) is 6.55. The van der Waals surface area contributed by atoms with Crippen LogP contribution < -0.4 is 10.6 Å². The Hall–Kier alpha value is -0.610. The first-order chi connectivity index (χ1) is 8.66. The minimum atomic E-state index is 0.225. The molecule has 2 fully saturated rings. The molecule has 0 spiro atoms. The Labute approximate surface area is 110 Å². The van der Waals surface area contributed by atoms with Crippen molar-refractivity contribution in [2.24, 2.45) is 0 Å². The molecule has 2 aliphatic heterocycles. The Bertz CT molecular complexity index is 274. The summed E-state index contributed by atoms with van der Waals surface area (Å²) in [5.74, 6) is 0.225. The fourth-order valence-corrected chi connectivity index (χ4v) is 3.19. The molecule has 0 bridgehead atoms. The highest BCUT2D eigenvalue weighted by molar-refractivity contribution is 5.76. The molecule has 0 aliphatic carbocycles. The molecule has 2 atom stereocenters. The van der Waals surface area contributed by atoms with Crippen LogP contribution in [0.4, 0.5) is 0 Å². The number of hydrogen-bond acceptors (Lipinski definition) is 3. The van der Waals surface area contributed by atoms with E-state index < -0.39 is 0 Å². The van der Waals surface area contributed by atoms with Crippen LogP contribution in [0.1, 0.15) is 46.0 Å². The van der Waals surface area contributed by atoms with Gasteiger partial charge in [0, 0.05) is 37.6 Å². The fraction of sp³-hybridized carbons (Fsp3) is 0.929. The molecule has 2 N–H and O–H groups in total. The average molecular weight is 253 g/mol. The van der Waals surface area contributed by atoms with Crippen LogP contribution in [0.5, 0.6) is 0 Å². The maximum Gasteiger partial charge on any atom is 0.221 e. The first-order valence-corrected chi connectivity index (χ1v) is 7.42. The maximum atomic E-state index is 11.7. The molecule has 2 rings (SSSR count). The van der Waals surface area contributed by atoms with Gasteiger partial charge in [0.2, 0.25) is 5.91 Å². The molecule has 4 nitrogen and oxygen atoms in total. The van der Waals surface area contributed by atoms with Gasteiger partial charge in [0.15, 0.2) is 0 Å². The third kappa shape index (κ3) is 3.69. The first-order valence-electron chi connectivity index (χ1n) is 7.42. The summed E-state index contributed by atoms with van der Waals surface area (Å²) in [6.45, 7) is 7.59. The summed E-state index contributed by atoms with van der Waals surface area (Å²) in [4.78, 5) is 14.2. The van der Waals surface area contributed by atoms with E-state index in [4.69, 9.17) is 0 Å². The minimum absolute atomic E-state index is 0.225. The predicted octanol–water partition coefficient (Wildman–Crippen LogP) is 1.12. The molecule has 2 heterocycles. The fourth-order valence-electron chi connectivity index (χ4n) is 3.19. The van der Waals surface area contributed by atoms with Gasteiger partial charge in [-0.25, -0.2) is 0 Å². The normalized spacial score (nSPS) is 29.7. The Balaban J connectivity index is 1.96. The Kier molecular flexibility index (Phi) is 5.01. The molecule has 0 radical (unpaired) electrons. The molecule has 18 heavy (non-hydrogen) atoms. The van der Waals surface area contributed by atoms with Crippen LogP contribution in [-0.2, 0) is 4.79 Å².